The number of likely N-dealkylation sites (N-methyl/N-ethyl adjacent to an activating group) is 1. The highest BCUT2D eigenvalue weighted by Crippen LogP contribution is 2.17. The van der Waals surface area contributed by atoms with Crippen molar-refractivity contribution in [3.05, 3.63) is 35.9 Å². The summed E-state index contributed by atoms with van der Waals surface area (Å²) in [5.74, 6) is 0. The first-order valence-corrected chi connectivity index (χ1v) is 6.06. The van der Waals surface area contributed by atoms with Crippen molar-refractivity contribution in [1.29, 1.82) is 0 Å². The summed E-state index contributed by atoms with van der Waals surface area (Å²) in [6.07, 6.45) is -0.435. The largest absolute Gasteiger partial charge is 0.387 e. The summed E-state index contributed by atoms with van der Waals surface area (Å²) in [5, 5.41) is 10.1. The predicted octanol–water partition coefficient (Wildman–Crippen LogP) is 1.64. The minimum Gasteiger partial charge on any atom is -0.387 e. The lowest BCUT2D eigenvalue weighted by Gasteiger charge is -2.30. The number of nitrogens with zero attached hydrogens (tertiary/aromatic N) is 1. The Bertz CT molecular complexity index is 324. The molecule has 1 rings (SSSR count). The molecule has 1 aromatic rings. The third-order valence-electron chi connectivity index (χ3n) is 2.92. The average molecular weight is 236 g/mol. The van der Waals surface area contributed by atoms with Crippen LogP contribution in [-0.2, 0) is 0 Å². The standard InChI is InChI=1S/C14H24N2O/c1-14(2,10-15)11-16(3)9-13(17)12-7-5-4-6-8-12/h4-8,13,17H,9-11,15H2,1-3H3. The number of nitrogens with two attached hydrogens (primary N) is 1. The van der Waals surface area contributed by atoms with Crippen molar-refractivity contribution in [2.45, 2.75) is 20.0 Å². The van der Waals surface area contributed by atoms with Gasteiger partial charge in [0.05, 0.1) is 6.10 Å². The van der Waals surface area contributed by atoms with Gasteiger partial charge >= 0.3 is 0 Å². The number of aliphatic hydroxyl groups excluding tert-OH is 1. The molecule has 0 saturated carbocycles. The van der Waals surface area contributed by atoms with Gasteiger partial charge in [-0.05, 0) is 24.6 Å². The van der Waals surface area contributed by atoms with Gasteiger partial charge in [-0.25, -0.2) is 0 Å². The Hall–Kier alpha value is -0.900. The lowest BCUT2D eigenvalue weighted by atomic mass is 9.93. The maximum atomic E-state index is 10.1. The van der Waals surface area contributed by atoms with E-state index in [1.807, 2.05) is 37.4 Å². The van der Waals surface area contributed by atoms with Gasteiger partial charge < -0.3 is 15.7 Å². The molecule has 0 heterocycles. The number of hydrogen-bond donors (Lipinski definition) is 2. The maximum absolute atomic E-state index is 10.1. The summed E-state index contributed by atoms with van der Waals surface area (Å²) in [6.45, 7) is 6.44. The van der Waals surface area contributed by atoms with Gasteiger partial charge in [0.2, 0.25) is 0 Å². The Morgan fingerprint density at radius 1 is 1.29 bits per heavy atom. The van der Waals surface area contributed by atoms with Crippen LogP contribution in [0.15, 0.2) is 30.3 Å². The van der Waals surface area contributed by atoms with E-state index < -0.39 is 6.10 Å². The van der Waals surface area contributed by atoms with Crippen molar-refractivity contribution in [2.24, 2.45) is 11.1 Å². The van der Waals surface area contributed by atoms with Crippen molar-refractivity contribution >= 4 is 0 Å². The minimum absolute atomic E-state index is 0.0885. The molecule has 0 aliphatic rings. The number of benzene rings is 1. The fourth-order valence-corrected chi connectivity index (χ4v) is 1.94. The zero-order chi connectivity index (χ0) is 12.9. The molecule has 17 heavy (non-hydrogen) atoms. The molecule has 0 fully saturated rings. The maximum Gasteiger partial charge on any atom is 0.0916 e. The van der Waals surface area contributed by atoms with E-state index in [2.05, 4.69) is 18.7 Å². The van der Waals surface area contributed by atoms with Gasteiger partial charge in [-0.3, -0.25) is 0 Å². The van der Waals surface area contributed by atoms with E-state index >= 15 is 0 Å². The second kappa shape index (κ2) is 6.15. The van der Waals surface area contributed by atoms with Crippen LogP contribution < -0.4 is 5.73 Å². The lowest BCUT2D eigenvalue weighted by Crippen LogP contribution is -2.38. The first kappa shape index (κ1) is 14.2. The Morgan fingerprint density at radius 3 is 2.41 bits per heavy atom. The van der Waals surface area contributed by atoms with Crippen LogP contribution in [0.3, 0.4) is 0 Å². The minimum atomic E-state index is -0.435. The molecule has 3 nitrogen and oxygen atoms in total. The zero-order valence-corrected chi connectivity index (χ0v) is 11.1. The predicted molar refractivity (Wildman–Crippen MR) is 71.7 cm³/mol. The normalized spacial score (nSPS) is 14.0. The summed E-state index contributed by atoms with van der Waals surface area (Å²) in [6, 6.07) is 9.75. The molecule has 1 atom stereocenters. The third-order valence-corrected chi connectivity index (χ3v) is 2.92. The molecule has 0 spiro atoms. The van der Waals surface area contributed by atoms with E-state index in [-0.39, 0.29) is 5.41 Å². The Morgan fingerprint density at radius 2 is 1.88 bits per heavy atom. The monoisotopic (exact) mass is 236 g/mol. The third kappa shape index (κ3) is 4.86. The van der Waals surface area contributed by atoms with Crippen LogP contribution in [0.5, 0.6) is 0 Å². The summed E-state index contributed by atoms with van der Waals surface area (Å²) in [4.78, 5) is 2.13. The molecule has 0 radical (unpaired) electrons. The first-order chi connectivity index (χ1) is 7.94. The molecular formula is C14H24N2O. The molecule has 1 unspecified atom stereocenters. The quantitative estimate of drug-likeness (QED) is 0.789. The van der Waals surface area contributed by atoms with E-state index in [0.29, 0.717) is 13.1 Å². The van der Waals surface area contributed by atoms with Crippen molar-refractivity contribution in [2.75, 3.05) is 26.7 Å². The smallest absolute Gasteiger partial charge is 0.0916 e. The first-order valence-electron chi connectivity index (χ1n) is 6.06. The highest BCUT2D eigenvalue weighted by molar-refractivity contribution is 5.17. The van der Waals surface area contributed by atoms with Gasteiger partial charge in [0, 0.05) is 13.1 Å². The van der Waals surface area contributed by atoms with Gasteiger partial charge in [0.15, 0.2) is 0 Å². The van der Waals surface area contributed by atoms with Gasteiger partial charge in [-0.15, -0.1) is 0 Å². The van der Waals surface area contributed by atoms with Crippen molar-refractivity contribution in [3.63, 3.8) is 0 Å². The van der Waals surface area contributed by atoms with Crippen LogP contribution in [0.25, 0.3) is 0 Å². The zero-order valence-electron chi connectivity index (χ0n) is 11.1. The van der Waals surface area contributed by atoms with Crippen LogP contribution >= 0.6 is 0 Å². The van der Waals surface area contributed by atoms with Crippen molar-refractivity contribution in [1.82, 2.24) is 4.90 Å². The molecule has 3 N–H and O–H groups in total. The van der Waals surface area contributed by atoms with Crippen LogP contribution in [0.4, 0.5) is 0 Å². The SMILES string of the molecule is CN(CC(O)c1ccccc1)CC(C)(C)CN. The summed E-state index contributed by atoms with van der Waals surface area (Å²) in [7, 11) is 2.02. The van der Waals surface area contributed by atoms with Crippen LogP contribution in [0, 0.1) is 5.41 Å². The highest BCUT2D eigenvalue weighted by Gasteiger charge is 2.19. The Balaban J connectivity index is 2.49. The topological polar surface area (TPSA) is 49.5 Å². The van der Waals surface area contributed by atoms with Crippen molar-refractivity contribution in [3.8, 4) is 0 Å². The van der Waals surface area contributed by atoms with E-state index in [4.69, 9.17) is 5.73 Å². The number of hydrogen-bond acceptors (Lipinski definition) is 3. The van der Waals surface area contributed by atoms with Gasteiger partial charge in [-0.2, -0.15) is 0 Å². The van der Waals surface area contributed by atoms with E-state index in [9.17, 15) is 5.11 Å². The lowest BCUT2D eigenvalue weighted by molar-refractivity contribution is 0.106. The van der Waals surface area contributed by atoms with Gasteiger partial charge in [-0.1, -0.05) is 44.2 Å². The molecule has 1 aromatic carbocycles. The van der Waals surface area contributed by atoms with E-state index in [1.54, 1.807) is 0 Å². The van der Waals surface area contributed by atoms with Gasteiger partial charge in [0.1, 0.15) is 0 Å². The molecule has 0 bridgehead atoms. The molecule has 0 aromatic heterocycles. The van der Waals surface area contributed by atoms with E-state index in [0.717, 1.165) is 12.1 Å². The van der Waals surface area contributed by atoms with Crippen LogP contribution in [0.2, 0.25) is 0 Å². The molecule has 3 heteroatoms. The van der Waals surface area contributed by atoms with Gasteiger partial charge in [0.25, 0.3) is 0 Å². The Kier molecular flexibility index (Phi) is 5.12. The van der Waals surface area contributed by atoms with Crippen LogP contribution in [0.1, 0.15) is 25.5 Å². The fraction of sp³-hybridized carbons (Fsp3) is 0.571. The molecule has 0 saturated heterocycles. The number of aliphatic hydroxyl groups is 1. The molecule has 96 valence electrons. The molecule has 0 amide bonds. The van der Waals surface area contributed by atoms with E-state index in [1.165, 1.54) is 0 Å². The Labute approximate surface area is 104 Å². The summed E-state index contributed by atoms with van der Waals surface area (Å²) in [5.41, 5.74) is 6.76. The molecule has 0 aliphatic carbocycles. The molecule has 0 aliphatic heterocycles. The van der Waals surface area contributed by atoms with Crippen molar-refractivity contribution < 1.29 is 5.11 Å². The fourth-order valence-electron chi connectivity index (χ4n) is 1.94. The second-order valence-electron chi connectivity index (χ2n) is 5.49. The second-order valence-corrected chi connectivity index (χ2v) is 5.49. The molecular weight excluding hydrogens is 212 g/mol. The summed E-state index contributed by atoms with van der Waals surface area (Å²) < 4.78 is 0. The van der Waals surface area contributed by atoms with Crippen LogP contribution in [-0.4, -0.2) is 36.7 Å². The number of rotatable bonds is 6. The summed E-state index contributed by atoms with van der Waals surface area (Å²) >= 11 is 0. The average Bonchev–Trinajstić information content (AvgIpc) is 2.29. The highest BCUT2D eigenvalue weighted by atomic mass is 16.3.